The van der Waals surface area contributed by atoms with Crippen molar-refractivity contribution in [3.05, 3.63) is 29.7 Å². The molecule has 108 valence electrons. The van der Waals surface area contributed by atoms with Crippen LogP contribution in [0.4, 0.5) is 13.2 Å². The molecule has 2 aromatic rings. The monoisotopic (exact) mass is 284 g/mol. The molecule has 1 aliphatic heterocycles. The quantitative estimate of drug-likeness (QED) is 0.920. The summed E-state index contributed by atoms with van der Waals surface area (Å²) in [5.41, 5.74) is 0.334. The smallest absolute Gasteiger partial charge is 0.317 e. The van der Waals surface area contributed by atoms with Crippen molar-refractivity contribution in [3.8, 4) is 0 Å². The lowest BCUT2D eigenvalue weighted by Crippen LogP contribution is -2.28. The topological polar surface area (TPSA) is 42.2 Å². The van der Waals surface area contributed by atoms with E-state index in [4.69, 9.17) is 0 Å². The van der Waals surface area contributed by atoms with E-state index in [0.29, 0.717) is 11.6 Å². The predicted molar refractivity (Wildman–Crippen MR) is 67.3 cm³/mol. The number of hydrogen-bond donors (Lipinski definition) is 1. The Kier molecular flexibility index (Phi) is 3.37. The van der Waals surface area contributed by atoms with Gasteiger partial charge in [-0.3, -0.25) is 0 Å². The van der Waals surface area contributed by atoms with Crippen LogP contribution in [0, 0.1) is 5.92 Å². The first-order valence-electron chi connectivity index (χ1n) is 6.65. The standard InChI is InChI=1S/C13H15F3N4/c14-13(15,16)11-3-6-18-12-10(8-19-20(11)12)7-9-1-4-17-5-2-9/h3,6,8-9,17H,1-2,4-5,7H2. The highest BCUT2D eigenvalue weighted by atomic mass is 19.4. The summed E-state index contributed by atoms with van der Waals surface area (Å²) >= 11 is 0. The van der Waals surface area contributed by atoms with Gasteiger partial charge in [0.05, 0.1) is 6.20 Å². The van der Waals surface area contributed by atoms with Crippen LogP contribution in [0.25, 0.3) is 5.65 Å². The van der Waals surface area contributed by atoms with Crippen molar-refractivity contribution < 1.29 is 13.2 Å². The molecular formula is C13H15F3N4. The second kappa shape index (κ2) is 5.05. The van der Waals surface area contributed by atoms with Gasteiger partial charge in [-0.25, -0.2) is 9.50 Å². The molecule has 0 spiro atoms. The van der Waals surface area contributed by atoms with Crippen LogP contribution in [-0.2, 0) is 12.6 Å². The number of piperidine rings is 1. The van der Waals surface area contributed by atoms with E-state index in [0.717, 1.165) is 48.5 Å². The summed E-state index contributed by atoms with van der Waals surface area (Å²) in [6.07, 6.45) is 1.11. The largest absolute Gasteiger partial charge is 0.433 e. The van der Waals surface area contributed by atoms with Gasteiger partial charge in [0.15, 0.2) is 5.65 Å². The van der Waals surface area contributed by atoms with Crippen molar-refractivity contribution in [2.24, 2.45) is 5.92 Å². The van der Waals surface area contributed by atoms with Gasteiger partial charge in [0.25, 0.3) is 0 Å². The van der Waals surface area contributed by atoms with Crippen LogP contribution in [0.15, 0.2) is 18.5 Å². The summed E-state index contributed by atoms with van der Waals surface area (Å²) in [6.45, 7) is 1.93. The minimum atomic E-state index is -4.42. The van der Waals surface area contributed by atoms with Crippen molar-refractivity contribution >= 4 is 5.65 Å². The van der Waals surface area contributed by atoms with Crippen molar-refractivity contribution in [3.63, 3.8) is 0 Å². The van der Waals surface area contributed by atoms with Crippen molar-refractivity contribution in [1.29, 1.82) is 0 Å². The first kappa shape index (κ1) is 13.4. The summed E-state index contributed by atoms with van der Waals surface area (Å²) in [4.78, 5) is 4.07. The van der Waals surface area contributed by atoms with E-state index < -0.39 is 11.9 Å². The Labute approximate surface area is 114 Å². The highest BCUT2D eigenvalue weighted by Crippen LogP contribution is 2.30. The maximum absolute atomic E-state index is 12.9. The van der Waals surface area contributed by atoms with E-state index in [1.807, 2.05) is 0 Å². The van der Waals surface area contributed by atoms with Gasteiger partial charge in [-0.05, 0) is 44.3 Å². The van der Waals surface area contributed by atoms with E-state index in [1.54, 1.807) is 0 Å². The van der Waals surface area contributed by atoms with Gasteiger partial charge in [-0.1, -0.05) is 0 Å². The number of hydrogen-bond acceptors (Lipinski definition) is 3. The minimum absolute atomic E-state index is 0.318. The van der Waals surface area contributed by atoms with E-state index in [9.17, 15) is 13.2 Å². The zero-order valence-corrected chi connectivity index (χ0v) is 10.8. The lowest BCUT2D eigenvalue weighted by atomic mass is 9.92. The van der Waals surface area contributed by atoms with Crippen LogP contribution in [0.1, 0.15) is 24.1 Å². The maximum Gasteiger partial charge on any atom is 0.433 e. The molecule has 1 aliphatic rings. The first-order chi connectivity index (χ1) is 9.55. The number of aromatic nitrogens is 3. The Morgan fingerprint density at radius 1 is 1.30 bits per heavy atom. The van der Waals surface area contributed by atoms with E-state index in [-0.39, 0.29) is 0 Å². The number of alkyl halides is 3. The first-order valence-corrected chi connectivity index (χ1v) is 6.65. The second-order valence-corrected chi connectivity index (χ2v) is 5.13. The molecule has 20 heavy (non-hydrogen) atoms. The third kappa shape index (κ3) is 2.49. The zero-order chi connectivity index (χ0) is 14.2. The van der Waals surface area contributed by atoms with E-state index in [2.05, 4.69) is 15.4 Å². The molecule has 1 saturated heterocycles. The van der Waals surface area contributed by atoms with Crippen LogP contribution in [0.2, 0.25) is 0 Å². The SMILES string of the molecule is FC(F)(F)c1ccnc2c(CC3CCNCC3)cnn12. The lowest BCUT2D eigenvalue weighted by molar-refractivity contribution is -0.142. The molecule has 0 unspecified atom stereocenters. The van der Waals surface area contributed by atoms with Crippen LogP contribution in [0.3, 0.4) is 0 Å². The third-order valence-electron chi connectivity index (χ3n) is 3.73. The summed E-state index contributed by atoms with van der Waals surface area (Å²) < 4.78 is 39.6. The molecule has 0 amide bonds. The molecule has 0 aliphatic carbocycles. The van der Waals surface area contributed by atoms with Crippen molar-refractivity contribution in [1.82, 2.24) is 19.9 Å². The molecule has 0 bridgehead atoms. The molecule has 3 rings (SSSR count). The lowest BCUT2D eigenvalue weighted by Gasteiger charge is -2.21. The predicted octanol–water partition coefficient (Wildman–Crippen LogP) is 2.29. The molecular weight excluding hydrogens is 269 g/mol. The molecule has 4 nitrogen and oxygen atoms in total. The molecule has 0 aromatic carbocycles. The number of halogens is 3. The Balaban J connectivity index is 1.93. The normalized spacial score (nSPS) is 17.8. The summed E-state index contributed by atoms with van der Waals surface area (Å²) in [5, 5.41) is 7.14. The second-order valence-electron chi connectivity index (χ2n) is 5.13. The average molecular weight is 284 g/mol. The van der Waals surface area contributed by atoms with Gasteiger partial charge in [-0.2, -0.15) is 18.3 Å². The fourth-order valence-corrected chi connectivity index (χ4v) is 2.69. The molecule has 2 aromatic heterocycles. The number of nitrogens with one attached hydrogen (secondary N) is 1. The molecule has 1 fully saturated rings. The molecule has 0 atom stereocenters. The van der Waals surface area contributed by atoms with Crippen LogP contribution in [0.5, 0.6) is 0 Å². The van der Waals surface area contributed by atoms with Gasteiger partial charge in [0.1, 0.15) is 5.69 Å². The molecule has 0 radical (unpaired) electrons. The third-order valence-corrected chi connectivity index (χ3v) is 3.73. The Morgan fingerprint density at radius 2 is 2.05 bits per heavy atom. The molecule has 3 heterocycles. The van der Waals surface area contributed by atoms with Gasteiger partial charge in [0.2, 0.25) is 0 Å². The minimum Gasteiger partial charge on any atom is -0.317 e. The van der Waals surface area contributed by atoms with E-state index in [1.165, 1.54) is 12.4 Å². The van der Waals surface area contributed by atoms with Gasteiger partial charge in [-0.15, -0.1) is 0 Å². The fourth-order valence-electron chi connectivity index (χ4n) is 2.69. The Morgan fingerprint density at radius 3 is 2.75 bits per heavy atom. The Hall–Kier alpha value is -1.63. The number of nitrogens with zero attached hydrogens (tertiary/aromatic N) is 3. The van der Waals surface area contributed by atoms with Crippen molar-refractivity contribution in [2.45, 2.75) is 25.4 Å². The highest BCUT2D eigenvalue weighted by molar-refractivity contribution is 5.47. The molecule has 7 heteroatoms. The van der Waals surface area contributed by atoms with Crippen LogP contribution >= 0.6 is 0 Å². The van der Waals surface area contributed by atoms with Gasteiger partial charge in [0, 0.05) is 11.8 Å². The van der Waals surface area contributed by atoms with E-state index >= 15 is 0 Å². The van der Waals surface area contributed by atoms with Crippen LogP contribution < -0.4 is 5.32 Å². The molecule has 0 saturated carbocycles. The van der Waals surface area contributed by atoms with Gasteiger partial charge < -0.3 is 5.32 Å². The van der Waals surface area contributed by atoms with Crippen LogP contribution in [-0.4, -0.2) is 27.7 Å². The average Bonchev–Trinajstić information content (AvgIpc) is 2.82. The highest BCUT2D eigenvalue weighted by Gasteiger charge is 2.34. The van der Waals surface area contributed by atoms with Gasteiger partial charge >= 0.3 is 6.18 Å². The summed E-state index contributed by atoms with van der Waals surface area (Å²) in [7, 11) is 0. The fraction of sp³-hybridized carbons (Fsp3) is 0.538. The number of rotatable bonds is 2. The van der Waals surface area contributed by atoms with Crippen molar-refractivity contribution in [2.75, 3.05) is 13.1 Å². The number of fused-ring (bicyclic) bond motifs is 1. The maximum atomic E-state index is 12.9. The zero-order valence-electron chi connectivity index (χ0n) is 10.8. The summed E-state index contributed by atoms with van der Waals surface area (Å²) in [5.74, 6) is 0.487. The summed E-state index contributed by atoms with van der Waals surface area (Å²) in [6, 6.07) is 0.953. The molecule has 1 N–H and O–H groups in total. The Bertz CT molecular complexity index is 599.